The number of hydrogen-bond donors (Lipinski definition) is 0. The molecule has 5 heteroatoms. The second-order valence-corrected chi connectivity index (χ2v) is 5.65. The first kappa shape index (κ1) is 14.7. The van der Waals surface area contributed by atoms with Crippen LogP contribution >= 0.6 is 0 Å². The first-order chi connectivity index (χ1) is 10.8. The Balaban J connectivity index is 1.73. The van der Waals surface area contributed by atoms with Crippen molar-refractivity contribution >= 4 is 0 Å². The van der Waals surface area contributed by atoms with Crippen molar-refractivity contribution in [3.8, 4) is 17.2 Å². The lowest BCUT2D eigenvalue weighted by molar-refractivity contribution is 0.0601. The van der Waals surface area contributed by atoms with Gasteiger partial charge in [-0.15, -0.1) is 0 Å². The molecule has 1 aliphatic heterocycles. The number of ether oxygens (including phenoxy) is 1. The molecule has 22 heavy (non-hydrogen) atoms. The van der Waals surface area contributed by atoms with E-state index < -0.39 is 0 Å². The van der Waals surface area contributed by atoms with Crippen LogP contribution in [0.15, 0.2) is 30.6 Å². The van der Waals surface area contributed by atoms with E-state index >= 15 is 0 Å². The van der Waals surface area contributed by atoms with Crippen molar-refractivity contribution in [3.05, 3.63) is 42.0 Å². The van der Waals surface area contributed by atoms with E-state index in [0.29, 0.717) is 11.5 Å². The first-order valence-electron chi connectivity index (χ1n) is 7.52. The molecule has 0 saturated carbocycles. The van der Waals surface area contributed by atoms with E-state index in [-0.39, 0.29) is 12.2 Å². The maximum Gasteiger partial charge on any atom is 0.128 e. The van der Waals surface area contributed by atoms with Crippen molar-refractivity contribution < 1.29 is 9.13 Å². The smallest absolute Gasteiger partial charge is 0.128 e. The quantitative estimate of drug-likeness (QED) is 0.871. The summed E-state index contributed by atoms with van der Waals surface area (Å²) in [6.07, 6.45) is 5.93. The van der Waals surface area contributed by atoms with Gasteiger partial charge in [-0.25, -0.2) is 4.39 Å². The average Bonchev–Trinajstić information content (AvgIpc) is 2.99. The lowest BCUT2D eigenvalue weighted by atomic mass is 10.0. The number of halogens is 1. The fourth-order valence-corrected chi connectivity index (χ4v) is 2.76. The Morgan fingerprint density at radius 1 is 1.32 bits per heavy atom. The van der Waals surface area contributed by atoms with Gasteiger partial charge < -0.3 is 4.74 Å². The van der Waals surface area contributed by atoms with E-state index in [1.807, 2.05) is 23.0 Å². The maximum atomic E-state index is 13.9. The summed E-state index contributed by atoms with van der Waals surface area (Å²) >= 11 is 0. The molecule has 0 spiro atoms. The molecule has 1 aliphatic rings. The standard InChI is InChI=1S/C17H18FN3O/c18-17-9-15(2-1-14(17)3-6-19)16-10-20-21(12-16)11-13-4-7-22-8-5-13/h1-2,9-10,12-13H,3-5,7-8,11H2. The van der Waals surface area contributed by atoms with Gasteiger partial charge in [0.15, 0.2) is 0 Å². The third-order valence-corrected chi connectivity index (χ3v) is 4.08. The molecule has 1 fully saturated rings. The van der Waals surface area contributed by atoms with Gasteiger partial charge in [0.25, 0.3) is 0 Å². The van der Waals surface area contributed by atoms with Crippen LogP contribution in [0.3, 0.4) is 0 Å². The van der Waals surface area contributed by atoms with Crippen molar-refractivity contribution in [1.29, 1.82) is 5.26 Å². The molecule has 3 rings (SSSR count). The van der Waals surface area contributed by atoms with Gasteiger partial charge in [-0.05, 0) is 30.4 Å². The normalized spacial score (nSPS) is 15.6. The third kappa shape index (κ3) is 3.34. The van der Waals surface area contributed by atoms with Gasteiger partial charge in [-0.3, -0.25) is 4.68 Å². The first-order valence-corrected chi connectivity index (χ1v) is 7.52. The molecular weight excluding hydrogens is 281 g/mol. The van der Waals surface area contributed by atoms with Crippen molar-refractivity contribution in [2.75, 3.05) is 13.2 Å². The van der Waals surface area contributed by atoms with E-state index in [1.165, 1.54) is 6.07 Å². The predicted molar refractivity (Wildman–Crippen MR) is 80.5 cm³/mol. The molecule has 1 aromatic carbocycles. The average molecular weight is 299 g/mol. The summed E-state index contributed by atoms with van der Waals surface area (Å²) in [5.41, 5.74) is 2.12. The van der Waals surface area contributed by atoms with E-state index in [2.05, 4.69) is 5.10 Å². The van der Waals surface area contributed by atoms with E-state index in [1.54, 1.807) is 12.3 Å². The van der Waals surface area contributed by atoms with Gasteiger partial charge in [0.2, 0.25) is 0 Å². The van der Waals surface area contributed by atoms with E-state index in [4.69, 9.17) is 10.00 Å². The molecule has 0 unspecified atom stereocenters. The highest BCUT2D eigenvalue weighted by atomic mass is 19.1. The Bertz CT molecular complexity index is 683. The molecule has 114 valence electrons. The second kappa shape index (κ2) is 6.71. The molecule has 0 atom stereocenters. The van der Waals surface area contributed by atoms with Crippen molar-refractivity contribution in [2.24, 2.45) is 5.92 Å². The summed E-state index contributed by atoms with van der Waals surface area (Å²) in [5, 5.41) is 13.0. The van der Waals surface area contributed by atoms with Crippen LogP contribution in [0.25, 0.3) is 11.1 Å². The van der Waals surface area contributed by atoms with Crippen LogP contribution in [0.4, 0.5) is 4.39 Å². The SMILES string of the molecule is N#CCc1ccc(-c2cnn(CC3CCOCC3)c2)cc1F. The van der Waals surface area contributed by atoms with Crippen LogP contribution in [-0.4, -0.2) is 23.0 Å². The molecule has 2 aromatic rings. The highest BCUT2D eigenvalue weighted by Gasteiger charge is 2.15. The van der Waals surface area contributed by atoms with Crippen LogP contribution in [0.1, 0.15) is 18.4 Å². The Morgan fingerprint density at radius 2 is 2.14 bits per heavy atom. The molecule has 0 amide bonds. The number of benzene rings is 1. The summed E-state index contributed by atoms with van der Waals surface area (Å²) < 4.78 is 21.2. The molecule has 0 N–H and O–H groups in total. The minimum Gasteiger partial charge on any atom is -0.381 e. The van der Waals surface area contributed by atoms with Crippen molar-refractivity contribution in [3.63, 3.8) is 0 Å². The second-order valence-electron chi connectivity index (χ2n) is 5.65. The van der Waals surface area contributed by atoms with Crippen LogP contribution < -0.4 is 0 Å². The largest absolute Gasteiger partial charge is 0.381 e. The summed E-state index contributed by atoms with van der Waals surface area (Å²) in [6.45, 7) is 2.52. The maximum absolute atomic E-state index is 13.9. The molecule has 2 heterocycles. The van der Waals surface area contributed by atoms with Gasteiger partial charge in [-0.1, -0.05) is 12.1 Å². The third-order valence-electron chi connectivity index (χ3n) is 4.08. The molecule has 1 saturated heterocycles. The van der Waals surface area contributed by atoms with Crippen LogP contribution in [0.5, 0.6) is 0 Å². The minimum atomic E-state index is -0.337. The van der Waals surface area contributed by atoms with Crippen LogP contribution in [-0.2, 0) is 17.7 Å². The number of hydrogen-bond acceptors (Lipinski definition) is 3. The Labute approximate surface area is 129 Å². The lowest BCUT2D eigenvalue weighted by Crippen LogP contribution is -2.20. The Kier molecular flexibility index (Phi) is 4.50. The number of nitrogens with zero attached hydrogens (tertiary/aromatic N) is 3. The lowest BCUT2D eigenvalue weighted by Gasteiger charge is -2.21. The number of rotatable bonds is 4. The highest BCUT2D eigenvalue weighted by Crippen LogP contribution is 2.23. The zero-order chi connectivity index (χ0) is 15.4. The molecule has 1 aromatic heterocycles. The highest BCUT2D eigenvalue weighted by molar-refractivity contribution is 5.62. The van der Waals surface area contributed by atoms with Crippen molar-refractivity contribution in [2.45, 2.75) is 25.8 Å². The molecular formula is C17H18FN3O. The molecule has 4 nitrogen and oxygen atoms in total. The fourth-order valence-electron chi connectivity index (χ4n) is 2.76. The summed E-state index contributed by atoms with van der Waals surface area (Å²) in [5.74, 6) is 0.257. The van der Waals surface area contributed by atoms with E-state index in [0.717, 1.165) is 43.7 Å². The van der Waals surface area contributed by atoms with Crippen molar-refractivity contribution in [1.82, 2.24) is 9.78 Å². The van der Waals surface area contributed by atoms with Crippen LogP contribution in [0, 0.1) is 23.1 Å². The summed E-state index contributed by atoms with van der Waals surface area (Å²) in [4.78, 5) is 0. The van der Waals surface area contributed by atoms with Gasteiger partial charge in [0.05, 0.1) is 18.7 Å². The molecule has 0 bridgehead atoms. The predicted octanol–water partition coefficient (Wildman–Crippen LogP) is 3.18. The summed E-state index contributed by atoms with van der Waals surface area (Å²) in [7, 11) is 0. The van der Waals surface area contributed by atoms with Gasteiger partial charge in [-0.2, -0.15) is 10.4 Å². The Hall–Kier alpha value is -2.19. The molecule has 0 radical (unpaired) electrons. The number of nitriles is 1. The monoisotopic (exact) mass is 299 g/mol. The summed E-state index contributed by atoms with van der Waals surface area (Å²) in [6, 6.07) is 6.95. The molecule has 0 aliphatic carbocycles. The Morgan fingerprint density at radius 3 is 2.86 bits per heavy atom. The zero-order valence-electron chi connectivity index (χ0n) is 12.3. The van der Waals surface area contributed by atoms with Crippen LogP contribution in [0.2, 0.25) is 0 Å². The zero-order valence-corrected chi connectivity index (χ0v) is 12.3. The van der Waals surface area contributed by atoms with E-state index in [9.17, 15) is 4.39 Å². The number of aromatic nitrogens is 2. The topological polar surface area (TPSA) is 50.8 Å². The van der Waals surface area contributed by atoms with Gasteiger partial charge in [0, 0.05) is 37.1 Å². The fraction of sp³-hybridized carbons (Fsp3) is 0.412. The van der Waals surface area contributed by atoms with Gasteiger partial charge >= 0.3 is 0 Å². The minimum absolute atomic E-state index is 0.0924. The van der Waals surface area contributed by atoms with Gasteiger partial charge in [0.1, 0.15) is 5.82 Å².